The Morgan fingerprint density at radius 2 is 1.91 bits per heavy atom. The van der Waals surface area contributed by atoms with E-state index in [1.54, 1.807) is 12.1 Å². The van der Waals surface area contributed by atoms with Gasteiger partial charge in [-0.15, -0.1) is 0 Å². The summed E-state index contributed by atoms with van der Waals surface area (Å²) in [6.45, 7) is 3.73. The first-order chi connectivity index (χ1) is 10.9. The molecule has 2 rings (SSSR count). The highest BCUT2D eigenvalue weighted by Crippen LogP contribution is 2.24. The van der Waals surface area contributed by atoms with Gasteiger partial charge in [0.05, 0.1) is 5.56 Å². The van der Waals surface area contributed by atoms with Gasteiger partial charge in [-0.2, -0.15) is 0 Å². The Bertz CT molecular complexity index is 708. The van der Waals surface area contributed by atoms with Crippen molar-refractivity contribution >= 4 is 11.9 Å². The smallest absolute Gasteiger partial charge is 0.326 e. The minimum atomic E-state index is -1.10. The number of hydrogen-bond acceptors (Lipinski definition) is 3. The molecule has 6 heteroatoms. The van der Waals surface area contributed by atoms with Crippen LogP contribution in [0, 0.1) is 11.7 Å². The maximum atomic E-state index is 13.7. The number of carbonyl (C=O) groups is 2. The molecule has 122 valence electrons. The largest absolute Gasteiger partial charge is 0.480 e. The summed E-state index contributed by atoms with van der Waals surface area (Å²) in [5, 5.41) is 11.6. The number of halogens is 1. The topological polar surface area (TPSA) is 79.5 Å². The Kier molecular flexibility index (Phi) is 5.16. The standard InChI is InChI=1S/C17H18FNO4/c1-10(2)9-13(17(21)22)19-16(20)15-8-7-14(23-15)11-5-3-4-6-12(11)18/h3-8,10,13H,9H2,1-2H3,(H,19,20)(H,21,22)/t13-/m0/s1. The normalized spacial score (nSPS) is 12.2. The number of carbonyl (C=O) groups excluding carboxylic acids is 1. The third-order valence-electron chi connectivity index (χ3n) is 3.28. The number of aliphatic carboxylic acids is 1. The fourth-order valence-electron chi connectivity index (χ4n) is 2.19. The Morgan fingerprint density at radius 3 is 2.52 bits per heavy atom. The number of carboxylic acid groups (broad SMARTS) is 1. The first-order valence-corrected chi connectivity index (χ1v) is 7.27. The molecule has 1 atom stereocenters. The van der Waals surface area contributed by atoms with Crippen LogP contribution >= 0.6 is 0 Å². The van der Waals surface area contributed by atoms with E-state index in [9.17, 15) is 14.0 Å². The van der Waals surface area contributed by atoms with E-state index in [4.69, 9.17) is 9.52 Å². The lowest BCUT2D eigenvalue weighted by Crippen LogP contribution is -2.41. The predicted octanol–water partition coefficient (Wildman–Crippen LogP) is 3.31. The second-order valence-corrected chi connectivity index (χ2v) is 5.64. The third-order valence-corrected chi connectivity index (χ3v) is 3.28. The molecular formula is C17H18FNO4. The lowest BCUT2D eigenvalue weighted by Gasteiger charge is -2.15. The average molecular weight is 319 g/mol. The summed E-state index contributed by atoms with van der Waals surface area (Å²) in [4.78, 5) is 23.3. The van der Waals surface area contributed by atoms with Gasteiger partial charge in [0.2, 0.25) is 0 Å². The summed E-state index contributed by atoms with van der Waals surface area (Å²) in [6, 6.07) is 7.92. The van der Waals surface area contributed by atoms with Crippen LogP contribution in [0.2, 0.25) is 0 Å². The van der Waals surface area contributed by atoms with E-state index in [1.807, 2.05) is 13.8 Å². The maximum Gasteiger partial charge on any atom is 0.326 e. The molecule has 5 nitrogen and oxygen atoms in total. The van der Waals surface area contributed by atoms with Crippen molar-refractivity contribution in [2.75, 3.05) is 0 Å². The van der Waals surface area contributed by atoms with Gasteiger partial charge >= 0.3 is 5.97 Å². The van der Waals surface area contributed by atoms with Crippen LogP contribution < -0.4 is 5.32 Å². The quantitative estimate of drug-likeness (QED) is 0.856. The van der Waals surface area contributed by atoms with E-state index in [0.29, 0.717) is 6.42 Å². The zero-order chi connectivity index (χ0) is 17.0. The SMILES string of the molecule is CC(C)C[C@H](NC(=O)c1ccc(-c2ccccc2F)o1)C(=O)O. The first-order valence-electron chi connectivity index (χ1n) is 7.27. The van der Waals surface area contributed by atoms with Crippen LogP contribution in [0.4, 0.5) is 4.39 Å². The zero-order valence-electron chi connectivity index (χ0n) is 12.9. The van der Waals surface area contributed by atoms with Crippen LogP contribution in [0.3, 0.4) is 0 Å². The van der Waals surface area contributed by atoms with E-state index in [1.165, 1.54) is 24.3 Å². The highest BCUT2D eigenvalue weighted by molar-refractivity contribution is 5.94. The molecule has 0 aliphatic heterocycles. The number of carboxylic acids is 1. The van der Waals surface area contributed by atoms with E-state index in [-0.39, 0.29) is 23.0 Å². The van der Waals surface area contributed by atoms with Crippen LogP contribution in [0.1, 0.15) is 30.8 Å². The van der Waals surface area contributed by atoms with Crippen LogP contribution in [0.5, 0.6) is 0 Å². The van der Waals surface area contributed by atoms with Crippen LogP contribution in [-0.4, -0.2) is 23.0 Å². The monoisotopic (exact) mass is 319 g/mol. The van der Waals surface area contributed by atoms with Gasteiger partial charge in [-0.25, -0.2) is 9.18 Å². The molecule has 0 aliphatic rings. The van der Waals surface area contributed by atoms with Gasteiger partial charge in [-0.1, -0.05) is 26.0 Å². The Labute approximate surface area is 133 Å². The molecule has 2 aromatic rings. The highest BCUT2D eigenvalue weighted by Gasteiger charge is 2.23. The Hall–Kier alpha value is -2.63. The predicted molar refractivity (Wildman–Crippen MR) is 82.4 cm³/mol. The molecule has 0 aliphatic carbocycles. The van der Waals surface area contributed by atoms with E-state index >= 15 is 0 Å². The molecular weight excluding hydrogens is 301 g/mol. The van der Waals surface area contributed by atoms with Crippen LogP contribution in [0.15, 0.2) is 40.8 Å². The lowest BCUT2D eigenvalue weighted by atomic mass is 10.0. The highest BCUT2D eigenvalue weighted by atomic mass is 19.1. The van der Waals surface area contributed by atoms with E-state index < -0.39 is 23.7 Å². The molecule has 0 saturated heterocycles. The van der Waals surface area contributed by atoms with Gasteiger partial charge in [0.15, 0.2) is 5.76 Å². The summed E-state index contributed by atoms with van der Waals surface area (Å²) >= 11 is 0. The van der Waals surface area contributed by atoms with Gasteiger partial charge < -0.3 is 14.8 Å². The van der Waals surface area contributed by atoms with Gasteiger partial charge in [-0.3, -0.25) is 4.79 Å². The zero-order valence-corrected chi connectivity index (χ0v) is 12.9. The fraction of sp³-hybridized carbons (Fsp3) is 0.294. The minimum absolute atomic E-state index is 0.0572. The van der Waals surface area contributed by atoms with Crippen molar-refractivity contribution < 1.29 is 23.5 Å². The number of hydrogen-bond donors (Lipinski definition) is 2. The second-order valence-electron chi connectivity index (χ2n) is 5.64. The number of nitrogens with one attached hydrogen (secondary N) is 1. The average Bonchev–Trinajstić information content (AvgIpc) is 2.96. The molecule has 1 heterocycles. The molecule has 1 aromatic carbocycles. The summed E-state index contributed by atoms with van der Waals surface area (Å²) in [5.74, 6) is -1.94. The number of amides is 1. The molecule has 23 heavy (non-hydrogen) atoms. The number of benzene rings is 1. The van der Waals surface area contributed by atoms with Crippen molar-refractivity contribution in [2.45, 2.75) is 26.3 Å². The van der Waals surface area contributed by atoms with Gasteiger partial charge in [0, 0.05) is 0 Å². The van der Waals surface area contributed by atoms with Gasteiger partial charge in [0.25, 0.3) is 5.91 Å². The van der Waals surface area contributed by atoms with Crippen molar-refractivity contribution in [3.05, 3.63) is 48.0 Å². The lowest BCUT2D eigenvalue weighted by molar-refractivity contribution is -0.139. The van der Waals surface area contributed by atoms with E-state index in [0.717, 1.165) is 0 Å². The van der Waals surface area contributed by atoms with Crippen molar-refractivity contribution in [1.29, 1.82) is 0 Å². The van der Waals surface area contributed by atoms with Crippen molar-refractivity contribution in [2.24, 2.45) is 5.92 Å². The number of rotatable bonds is 6. The summed E-state index contributed by atoms with van der Waals surface area (Å²) < 4.78 is 19.1. The molecule has 0 saturated carbocycles. The molecule has 0 radical (unpaired) electrons. The summed E-state index contributed by atoms with van der Waals surface area (Å²) in [7, 11) is 0. The Balaban J connectivity index is 2.15. The van der Waals surface area contributed by atoms with Gasteiger partial charge in [-0.05, 0) is 36.6 Å². The number of furan rings is 1. The molecule has 1 aromatic heterocycles. The van der Waals surface area contributed by atoms with Crippen molar-refractivity contribution in [3.63, 3.8) is 0 Å². The van der Waals surface area contributed by atoms with Crippen LogP contribution in [0.25, 0.3) is 11.3 Å². The van der Waals surface area contributed by atoms with Crippen molar-refractivity contribution in [3.8, 4) is 11.3 Å². The molecule has 0 spiro atoms. The maximum absolute atomic E-state index is 13.7. The fourth-order valence-corrected chi connectivity index (χ4v) is 2.19. The summed E-state index contributed by atoms with van der Waals surface area (Å²) in [5.41, 5.74) is 0.239. The van der Waals surface area contributed by atoms with Gasteiger partial charge in [0.1, 0.15) is 17.6 Å². The molecule has 2 N–H and O–H groups in total. The third kappa shape index (κ3) is 4.18. The first kappa shape index (κ1) is 16.7. The van der Waals surface area contributed by atoms with Crippen molar-refractivity contribution in [1.82, 2.24) is 5.32 Å². The molecule has 0 fully saturated rings. The molecule has 0 unspecified atom stereocenters. The molecule has 1 amide bonds. The summed E-state index contributed by atoms with van der Waals surface area (Å²) in [6.07, 6.45) is 0.307. The second kappa shape index (κ2) is 7.09. The van der Waals surface area contributed by atoms with E-state index in [2.05, 4.69) is 5.32 Å². The Morgan fingerprint density at radius 1 is 1.22 bits per heavy atom. The minimum Gasteiger partial charge on any atom is -0.480 e. The molecule has 0 bridgehead atoms. The van der Waals surface area contributed by atoms with Crippen LogP contribution in [-0.2, 0) is 4.79 Å².